The van der Waals surface area contributed by atoms with E-state index in [1.807, 2.05) is 0 Å². The normalized spacial score (nSPS) is 22.4. The summed E-state index contributed by atoms with van der Waals surface area (Å²) < 4.78 is 0.949. The number of hydrogen-bond acceptors (Lipinski definition) is 7. The highest BCUT2D eigenvalue weighted by atomic mass is 32.2. The summed E-state index contributed by atoms with van der Waals surface area (Å²) in [5.74, 6) is 1.54. The van der Waals surface area contributed by atoms with Gasteiger partial charge in [-0.05, 0) is 44.7 Å². The summed E-state index contributed by atoms with van der Waals surface area (Å²) >= 11 is 3.21. The highest BCUT2D eigenvalue weighted by Gasteiger charge is 2.23. The van der Waals surface area contributed by atoms with Gasteiger partial charge in [0.2, 0.25) is 5.13 Å². The van der Waals surface area contributed by atoms with Gasteiger partial charge in [-0.2, -0.15) is 0 Å². The third-order valence-corrected chi connectivity index (χ3v) is 6.19. The van der Waals surface area contributed by atoms with Gasteiger partial charge in [0.15, 0.2) is 4.34 Å². The number of likely N-dealkylation sites (tertiary alicyclic amines) is 1. The smallest absolute Gasteiger partial charge is 0.206 e. The molecule has 0 aromatic carbocycles. The van der Waals surface area contributed by atoms with Crippen molar-refractivity contribution < 1.29 is 5.11 Å². The van der Waals surface area contributed by atoms with Crippen LogP contribution in [-0.4, -0.2) is 57.7 Å². The van der Waals surface area contributed by atoms with Crippen molar-refractivity contribution in [1.29, 1.82) is 0 Å². The molecule has 0 amide bonds. The molecule has 1 aliphatic carbocycles. The first kappa shape index (κ1) is 15.5. The second-order valence-electron chi connectivity index (χ2n) is 6.24. The Balaban J connectivity index is 1.36. The van der Waals surface area contributed by atoms with Gasteiger partial charge in [-0.15, -0.1) is 10.2 Å². The van der Waals surface area contributed by atoms with Crippen molar-refractivity contribution in [3.8, 4) is 0 Å². The largest absolute Gasteiger partial charge is 0.391 e. The van der Waals surface area contributed by atoms with Crippen molar-refractivity contribution in [2.45, 2.75) is 49.1 Å². The van der Waals surface area contributed by atoms with E-state index in [2.05, 4.69) is 27.3 Å². The summed E-state index contributed by atoms with van der Waals surface area (Å²) in [4.78, 5) is 2.38. The molecule has 0 radical (unpaired) electrons. The van der Waals surface area contributed by atoms with E-state index in [9.17, 15) is 5.11 Å². The Morgan fingerprint density at radius 1 is 1.33 bits per heavy atom. The zero-order chi connectivity index (χ0) is 14.7. The van der Waals surface area contributed by atoms with Crippen molar-refractivity contribution in [1.82, 2.24) is 15.1 Å². The average Bonchev–Trinajstić information content (AvgIpc) is 3.16. The SMILES string of the molecule is CC1CCN(CC(O)CSc2nnc(NC3CC3)s2)CC1. The molecule has 2 aliphatic rings. The molecule has 1 aromatic heterocycles. The van der Waals surface area contributed by atoms with Gasteiger partial charge in [0.25, 0.3) is 0 Å². The van der Waals surface area contributed by atoms with E-state index in [0.717, 1.165) is 35.0 Å². The summed E-state index contributed by atoms with van der Waals surface area (Å²) in [5, 5.41) is 22.8. The second-order valence-corrected chi connectivity index (χ2v) is 8.48. The number of aromatic nitrogens is 2. The van der Waals surface area contributed by atoms with E-state index in [-0.39, 0.29) is 6.10 Å². The summed E-state index contributed by atoms with van der Waals surface area (Å²) in [5.41, 5.74) is 0. The zero-order valence-corrected chi connectivity index (χ0v) is 14.1. The number of aliphatic hydroxyl groups is 1. The van der Waals surface area contributed by atoms with Crippen molar-refractivity contribution in [2.75, 3.05) is 30.7 Å². The van der Waals surface area contributed by atoms with E-state index >= 15 is 0 Å². The van der Waals surface area contributed by atoms with Gasteiger partial charge < -0.3 is 15.3 Å². The Kier molecular flexibility index (Phi) is 5.37. The molecule has 2 N–H and O–H groups in total. The molecule has 1 saturated heterocycles. The molecule has 3 rings (SSSR count). The number of piperidine rings is 1. The molecule has 0 bridgehead atoms. The fraction of sp³-hybridized carbons (Fsp3) is 0.857. The number of thioether (sulfide) groups is 1. The Morgan fingerprint density at radius 2 is 2.10 bits per heavy atom. The monoisotopic (exact) mass is 328 g/mol. The minimum atomic E-state index is -0.285. The minimum absolute atomic E-state index is 0.285. The third-order valence-electron chi connectivity index (χ3n) is 4.06. The van der Waals surface area contributed by atoms with Crippen molar-refractivity contribution >= 4 is 28.2 Å². The van der Waals surface area contributed by atoms with Gasteiger partial charge in [-0.1, -0.05) is 30.0 Å². The predicted octanol–water partition coefficient (Wildman–Crippen LogP) is 2.30. The highest BCUT2D eigenvalue weighted by molar-refractivity contribution is 8.01. The number of β-amino-alcohol motifs (C(OH)–C–C–N with tert-alkyl or cyclic N) is 1. The maximum atomic E-state index is 10.2. The zero-order valence-electron chi connectivity index (χ0n) is 12.5. The molecule has 2 heterocycles. The first-order chi connectivity index (χ1) is 10.2. The van der Waals surface area contributed by atoms with Gasteiger partial charge >= 0.3 is 0 Å². The first-order valence-electron chi connectivity index (χ1n) is 7.82. The summed E-state index contributed by atoms with van der Waals surface area (Å²) in [6.07, 6.45) is 4.72. The third kappa shape index (κ3) is 5.09. The lowest BCUT2D eigenvalue weighted by molar-refractivity contribution is 0.105. The maximum absolute atomic E-state index is 10.2. The molecule has 1 atom stereocenters. The average molecular weight is 329 g/mol. The molecular formula is C14H24N4OS2. The fourth-order valence-electron chi connectivity index (χ4n) is 2.49. The van der Waals surface area contributed by atoms with Crippen LogP contribution < -0.4 is 5.32 Å². The van der Waals surface area contributed by atoms with Crippen molar-refractivity contribution in [3.05, 3.63) is 0 Å². The van der Waals surface area contributed by atoms with Gasteiger partial charge in [-0.25, -0.2) is 0 Å². The fourth-order valence-corrected chi connectivity index (χ4v) is 4.26. The molecule has 1 saturated carbocycles. The highest BCUT2D eigenvalue weighted by Crippen LogP contribution is 2.30. The topological polar surface area (TPSA) is 61.3 Å². The van der Waals surface area contributed by atoms with E-state index in [1.165, 1.54) is 25.7 Å². The van der Waals surface area contributed by atoms with Gasteiger partial charge in [-0.3, -0.25) is 0 Å². The maximum Gasteiger partial charge on any atom is 0.206 e. The minimum Gasteiger partial charge on any atom is -0.391 e. The van der Waals surface area contributed by atoms with Gasteiger partial charge in [0, 0.05) is 18.3 Å². The van der Waals surface area contributed by atoms with E-state index in [4.69, 9.17) is 0 Å². The number of nitrogens with zero attached hydrogens (tertiary/aromatic N) is 3. The molecule has 1 aromatic rings. The van der Waals surface area contributed by atoms with Crippen molar-refractivity contribution in [3.63, 3.8) is 0 Å². The van der Waals surface area contributed by atoms with Crippen molar-refractivity contribution in [2.24, 2.45) is 5.92 Å². The number of aliphatic hydroxyl groups excluding tert-OH is 1. The lowest BCUT2D eigenvalue weighted by atomic mass is 9.99. The van der Waals surface area contributed by atoms with Crippen LogP contribution in [0.15, 0.2) is 4.34 Å². The molecule has 5 nitrogen and oxygen atoms in total. The van der Waals surface area contributed by atoms with Crippen LogP contribution in [0.3, 0.4) is 0 Å². The van der Waals surface area contributed by atoms with E-state index in [0.29, 0.717) is 11.8 Å². The molecule has 1 unspecified atom stereocenters. The van der Waals surface area contributed by atoms with Crippen LogP contribution in [0.25, 0.3) is 0 Å². The molecule has 2 fully saturated rings. The lowest BCUT2D eigenvalue weighted by Gasteiger charge is -2.31. The molecule has 1 aliphatic heterocycles. The molecule has 7 heteroatoms. The summed E-state index contributed by atoms with van der Waals surface area (Å²) in [6, 6.07) is 0.614. The van der Waals surface area contributed by atoms with E-state index in [1.54, 1.807) is 23.1 Å². The number of hydrogen-bond donors (Lipinski definition) is 2. The number of nitrogens with one attached hydrogen (secondary N) is 1. The van der Waals surface area contributed by atoms with Crippen LogP contribution in [0.1, 0.15) is 32.6 Å². The molecule has 21 heavy (non-hydrogen) atoms. The van der Waals surface area contributed by atoms with Crippen LogP contribution in [0, 0.1) is 5.92 Å². The quantitative estimate of drug-likeness (QED) is 0.749. The van der Waals surface area contributed by atoms with Crippen LogP contribution >= 0.6 is 23.1 Å². The van der Waals surface area contributed by atoms with E-state index < -0.39 is 0 Å². The standard InChI is InChI=1S/C14H24N4OS2/c1-10-4-6-18(7-5-10)8-12(19)9-20-14-17-16-13(21-14)15-11-2-3-11/h10-12,19H,2-9H2,1H3,(H,15,16). The summed E-state index contributed by atoms with van der Waals surface area (Å²) in [6.45, 7) is 5.34. The molecule has 118 valence electrons. The number of rotatable bonds is 7. The second kappa shape index (κ2) is 7.26. The molecule has 0 spiro atoms. The van der Waals surface area contributed by atoms with Gasteiger partial charge in [0.05, 0.1) is 6.10 Å². The summed E-state index contributed by atoms with van der Waals surface area (Å²) in [7, 11) is 0. The Hall–Kier alpha value is -0.370. The Labute approximate surface area is 134 Å². The Morgan fingerprint density at radius 3 is 2.81 bits per heavy atom. The molecular weight excluding hydrogens is 304 g/mol. The Bertz CT molecular complexity index is 444. The first-order valence-corrected chi connectivity index (χ1v) is 9.62. The van der Waals surface area contributed by atoms with Gasteiger partial charge in [0.1, 0.15) is 0 Å². The lowest BCUT2D eigenvalue weighted by Crippen LogP contribution is -2.39. The number of anilines is 1. The van der Waals surface area contributed by atoms with Crippen LogP contribution in [-0.2, 0) is 0 Å². The van der Waals surface area contributed by atoms with Crippen LogP contribution in [0.4, 0.5) is 5.13 Å². The van der Waals surface area contributed by atoms with Crippen LogP contribution in [0.2, 0.25) is 0 Å². The van der Waals surface area contributed by atoms with Crippen LogP contribution in [0.5, 0.6) is 0 Å². The predicted molar refractivity (Wildman–Crippen MR) is 88.1 cm³/mol.